The van der Waals surface area contributed by atoms with Gasteiger partial charge in [-0.05, 0) is 35.7 Å². The predicted octanol–water partition coefficient (Wildman–Crippen LogP) is 4.20. The van der Waals surface area contributed by atoms with Crippen molar-refractivity contribution in [3.8, 4) is 0 Å². The van der Waals surface area contributed by atoms with Gasteiger partial charge in [-0.2, -0.15) is 0 Å². The Kier molecular flexibility index (Phi) is 4.17. The second-order valence-corrected chi connectivity index (χ2v) is 4.89. The van der Waals surface area contributed by atoms with Gasteiger partial charge in [-0.1, -0.05) is 29.8 Å². The Labute approximate surface area is 115 Å². The summed E-state index contributed by atoms with van der Waals surface area (Å²) in [7, 11) is 0. The first-order valence-corrected chi connectivity index (χ1v) is 6.23. The lowest BCUT2D eigenvalue weighted by Crippen LogP contribution is -2.04. The van der Waals surface area contributed by atoms with Gasteiger partial charge >= 0.3 is 0 Å². The van der Waals surface area contributed by atoms with Crippen molar-refractivity contribution < 1.29 is 13.9 Å². The highest BCUT2D eigenvalue weighted by Crippen LogP contribution is 2.27. The lowest BCUT2D eigenvalue weighted by atomic mass is 10.00. The predicted molar refractivity (Wildman–Crippen MR) is 71.2 cm³/mol. The standard InChI is InChI=1S/C15H13ClF2O/c1-9-2-5-12(13(16)6-9)15(19)7-10-3-4-11(17)8-14(10)18/h2-6,8,15,19H,7H2,1H3. The largest absolute Gasteiger partial charge is 0.388 e. The molecule has 0 fully saturated rings. The molecule has 1 atom stereocenters. The van der Waals surface area contributed by atoms with E-state index in [1.54, 1.807) is 12.1 Å². The fraction of sp³-hybridized carbons (Fsp3) is 0.200. The van der Waals surface area contributed by atoms with Crippen LogP contribution in [0.4, 0.5) is 8.78 Å². The lowest BCUT2D eigenvalue weighted by Gasteiger charge is -2.14. The number of rotatable bonds is 3. The third-order valence-electron chi connectivity index (χ3n) is 2.94. The van der Waals surface area contributed by atoms with E-state index >= 15 is 0 Å². The van der Waals surface area contributed by atoms with E-state index in [2.05, 4.69) is 0 Å². The number of halogens is 3. The second-order valence-electron chi connectivity index (χ2n) is 4.48. The second kappa shape index (κ2) is 5.68. The Hall–Kier alpha value is -1.45. The first-order valence-electron chi connectivity index (χ1n) is 5.85. The van der Waals surface area contributed by atoms with Crippen LogP contribution in [0.25, 0.3) is 0 Å². The average molecular weight is 283 g/mol. The zero-order chi connectivity index (χ0) is 14.0. The maximum absolute atomic E-state index is 13.5. The maximum atomic E-state index is 13.5. The highest BCUT2D eigenvalue weighted by atomic mass is 35.5. The molecule has 0 aliphatic heterocycles. The van der Waals surface area contributed by atoms with Crippen molar-refractivity contribution in [2.45, 2.75) is 19.4 Å². The molecular weight excluding hydrogens is 270 g/mol. The van der Waals surface area contributed by atoms with Crippen LogP contribution in [0.15, 0.2) is 36.4 Å². The normalized spacial score (nSPS) is 12.5. The molecule has 2 rings (SSSR count). The monoisotopic (exact) mass is 282 g/mol. The van der Waals surface area contributed by atoms with Gasteiger partial charge in [0, 0.05) is 17.5 Å². The molecule has 0 aliphatic rings. The molecule has 1 nitrogen and oxygen atoms in total. The molecule has 0 aromatic heterocycles. The van der Waals surface area contributed by atoms with Crippen molar-refractivity contribution in [3.63, 3.8) is 0 Å². The Morgan fingerprint density at radius 3 is 2.53 bits per heavy atom. The first-order chi connectivity index (χ1) is 8.97. The van der Waals surface area contributed by atoms with E-state index in [4.69, 9.17) is 11.6 Å². The number of benzene rings is 2. The number of aryl methyl sites for hydroxylation is 1. The van der Waals surface area contributed by atoms with Gasteiger partial charge in [0.1, 0.15) is 11.6 Å². The van der Waals surface area contributed by atoms with E-state index in [1.165, 1.54) is 12.1 Å². The number of aliphatic hydroxyl groups excluding tert-OH is 1. The van der Waals surface area contributed by atoms with Crippen molar-refractivity contribution in [2.24, 2.45) is 0 Å². The molecule has 4 heteroatoms. The molecule has 0 spiro atoms. The fourth-order valence-electron chi connectivity index (χ4n) is 1.91. The van der Waals surface area contributed by atoms with E-state index < -0.39 is 17.7 Å². The Bertz CT molecular complexity index is 599. The van der Waals surface area contributed by atoms with Crippen LogP contribution in [0.3, 0.4) is 0 Å². The van der Waals surface area contributed by atoms with Crippen LogP contribution in [0.1, 0.15) is 22.8 Å². The molecule has 0 saturated carbocycles. The molecule has 100 valence electrons. The zero-order valence-electron chi connectivity index (χ0n) is 10.3. The minimum absolute atomic E-state index is 0.0505. The lowest BCUT2D eigenvalue weighted by molar-refractivity contribution is 0.177. The van der Waals surface area contributed by atoms with Crippen LogP contribution in [0, 0.1) is 18.6 Å². The van der Waals surface area contributed by atoms with Gasteiger partial charge in [0.25, 0.3) is 0 Å². The summed E-state index contributed by atoms with van der Waals surface area (Å²) in [5, 5.41) is 10.5. The summed E-state index contributed by atoms with van der Waals surface area (Å²) in [5.74, 6) is -1.30. The van der Waals surface area contributed by atoms with E-state index in [0.717, 1.165) is 11.6 Å². The minimum atomic E-state index is -0.923. The Morgan fingerprint density at radius 2 is 1.89 bits per heavy atom. The van der Waals surface area contributed by atoms with Gasteiger partial charge in [0.15, 0.2) is 0 Å². The average Bonchev–Trinajstić information content (AvgIpc) is 2.32. The molecule has 2 aromatic rings. The quantitative estimate of drug-likeness (QED) is 0.894. The number of aliphatic hydroxyl groups is 1. The van der Waals surface area contributed by atoms with Gasteiger partial charge in [0.05, 0.1) is 6.10 Å². The highest BCUT2D eigenvalue weighted by Gasteiger charge is 2.15. The summed E-state index contributed by atoms with van der Waals surface area (Å²) < 4.78 is 26.3. The van der Waals surface area contributed by atoms with Crippen LogP contribution in [-0.2, 0) is 6.42 Å². The van der Waals surface area contributed by atoms with Crippen molar-refractivity contribution in [3.05, 3.63) is 69.7 Å². The van der Waals surface area contributed by atoms with Crippen LogP contribution in [0.2, 0.25) is 5.02 Å². The topological polar surface area (TPSA) is 20.2 Å². The SMILES string of the molecule is Cc1ccc(C(O)Cc2ccc(F)cc2F)c(Cl)c1. The first kappa shape index (κ1) is 14.0. The fourth-order valence-corrected chi connectivity index (χ4v) is 2.27. The van der Waals surface area contributed by atoms with Crippen LogP contribution < -0.4 is 0 Å². The van der Waals surface area contributed by atoms with E-state index in [0.29, 0.717) is 10.6 Å². The summed E-state index contributed by atoms with van der Waals surface area (Å²) in [4.78, 5) is 0. The van der Waals surface area contributed by atoms with Gasteiger partial charge in [-0.25, -0.2) is 8.78 Å². The summed E-state index contributed by atoms with van der Waals surface area (Å²) >= 11 is 6.04. The molecule has 0 saturated heterocycles. The van der Waals surface area contributed by atoms with Gasteiger partial charge in [-0.3, -0.25) is 0 Å². The number of hydrogen-bond donors (Lipinski definition) is 1. The smallest absolute Gasteiger partial charge is 0.129 e. The Balaban J connectivity index is 2.23. The zero-order valence-corrected chi connectivity index (χ0v) is 11.1. The molecular formula is C15H13ClF2O. The molecule has 0 radical (unpaired) electrons. The van der Waals surface area contributed by atoms with Crippen LogP contribution in [0.5, 0.6) is 0 Å². The molecule has 1 N–H and O–H groups in total. The van der Waals surface area contributed by atoms with Gasteiger partial charge in [0.2, 0.25) is 0 Å². The van der Waals surface area contributed by atoms with Crippen LogP contribution >= 0.6 is 11.6 Å². The van der Waals surface area contributed by atoms with Crippen molar-refractivity contribution >= 4 is 11.6 Å². The summed E-state index contributed by atoms with van der Waals surface area (Å²) in [5.41, 5.74) is 1.77. The molecule has 0 bridgehead atoms. The van der Waals surface area contributed by atoms with Gasteiger partial charge in [-0.15, -0.1) is 0 Å². The summed E-state index contributed by atoms with van der Waals surface area (Å²) in [6.07, 6.45) is -0.873. The molecule has 0 heterocycles. The highest BCUT2D eigenvalue weighted by molar-refractivity contribution is 6.31. The molecule has 1 unspecified atom stereocenters. The minimum Gasteiger partial charge on any atom is -0.388 e. The van der Waals surface area contributed by atoms with Gasteiger partial charge < -0.3 is 5.11 Å². The molecule has 0 aliphatic carbocycles. The Morgan fingerprint density at radius 1 is 1.16 bits per heavy atom. The number of hydrogen-bond acceptors (Lipinski definition) is 1. The summed E-state index contributed by atoms with van der Waals surface area (Å²) in [6.45, 7) is 1.89. The summed E-state index contributed by atoms with van der Waals surface area (Å²) in [6, 6.07) is 8.58. The van der Waals surface area contributed by atoms with Crippen LogP contribution in [-0.4, -0.2) is 5.11 Å². The third-order valence-corrected chi connectivity index (χ3v) is 3.27. The molecule has 0 amide bonds. The van der Waals surface area contributed by atoms with E-state index in [1.807, 2.05) is 13.0 Å². The maximum Gasteiger partial charge on any atom is 0.129 e. The van der Waals surface area contributed by atoms with E-state index in [-0.39, 0.29) is 12.0 Å². The van der Waals surface area contributed by atoms with Crippen molar-refractivity contribution in [1.82, 2.24) is 0 Å². The van der Waals surface area contributed by atoms with E-state index in [9.17, 15) is 13.9 Å². The molecule has 2 aromatic carbocycles. The third kappa shape index (κ3) is 3.31. The van der Waals surface area contributed by atoms with Crippen molar-refractivity contribution in [2.75, 3.05) is 0 Å². The van der Waals surface area contributed by atoms with Crippen molar-refractivity contribution in [1.29, 1.82) is 0 Å². The molecule has 19 heavy (non-hydrogen) atoms.